The van der Waals surface area contributed by atoms with Gasteiger partial charge in [0.1, 0.15) is 0 Å². The van der Waals surface area contributed by atoms with Crippen LogP contribution in [0.2, 0.25) is 0 Å². The van der Waals surface area contributed by atoms with Crippen LogP contribution in [0.1, 0.15) is 5.56 Å². The molecule has 0 bridgehead atoms. The largest absolute Gasteiger partial charge is 2.00 e. The van der Waals surface area contributed by atoms with Gasteiger partial charge in [-0.15, -0.1) is 5.56 Å². The molecule has 0 atom stereocenters. The second-order valence-electron chi connectivity index (χ2n) is 3.30. The second kappa shape index (κ2) is 8.87. The zero-order valence-electron chi connectivity index (χ0n) is 8.79. The van der Waals surface area contributed by atoms with Crippen molar-refractivity contribution in [3.05, 3.63) is 35.9 Å². The Kier molecular flexibility index (Phi) is 9.33. The fourth-order valence-corrected chi connectivity index (χ4v) is 2.53. The van der Waals surface area contributed by atoms with Gasteiger partial charge in [0, 0.05) is 24.6 Å². The molecule has 0 N–H and O–H groups in total. The number of benzene rings is 1. The van der Waals surface area contributed by atoms with Crippen molar-refractivity contribution in [2.24, 2.45) is 0 Å². The molecule has 2 rings (SSSR count). The summed E-state index contributed by atoms with van der Waals surface area (Å²) in [6.07, 6.45) is 0. The van der Waals surface area contributed by atoms with Crippen LogP contribution in [-0.2, 0) is 6.54 Å². The molecule has 78 valence electrons. The Labute approximate surface area is 123 Å². The molecule has 1 fully saturated rings. The van der Waals surface area contributed by atoms with E-state index in [9.17, 15) is 0 Å². The summed E-state index contributed by atoms with van der Waals surface area (Å²) in [5, 5.41) is 0. The standard InChI is InChI=1S/C11H14NS.BrH.Mg/c1-2-4-11(5-3-1)10-12-6-8-13-9-7-12;;/h1-2,4-5H,6-10H2;1H;/q-1;;+2/p-1. The van der Waals surface area contributed by atoms with Crippen LogP contribution in [0.15, 0.2) is 24.3 Å². The number of hydrogen-bond acceptors (Lipinski definition) is 2. The predicted octanol–water partition coefficient (Wildman–Crippen LogP) is -1.34. The molecule has 0 amide bonds. The summed E-state index contributed by atoms with van der Waals surface area (Å²) in [5.74, 6) is 2.58. The quantitative estimate of drug-likeness (QED) is 0.491. The van der Waals surface area contributed by atoms with Crippen LogP contribution in [0.3, 0.4) is 0 Å². The minimum Gasteiger partial charge on any atom is -1.00 e. The normalized spacial score (nSPS) is 16.3. The average molecular weight is 297 g/mol. The molecule has 1 aliphatic heterocycles. The fraction of sp³-hybridized carbons (Fsp3) is 0.455. The molecular formula is C11H14BrMgNS. The van der Waals surface area contributed by atoms with Crippen LogP contribution in [0.25, 0.3) is 0 Å². The van der Waals surface area contributed by atoms with E-state index in [4.69, 9.17) is 0 Å². The maximum absolute atomic E-state index is 3.12. The van der Waals surface area contributed by atoms with E-state index >= 15 is 0 Å². The van der Waals surface area contributed by atoms with Crippen molar-refractivity contribution >= 4 is 34.8 Å². The van der Waals surface area contributed by atoms with Crippen molar-refractivity contribution in [2.45, 2.75) is 6.54 Å². The van der Waals surface area contributed by atoms with Crippen LogP contribution in [-0.4, -0.2) is 52.5 Å². The van der Waals surface area contributed by atoms with Crippen LogP contribution >= 0.6 is 11.8 Å². The van der Waals surface area contributed by atoms with Crippen LogP contribution in [0, 0.1) is 6.07 Å². The number of nitrogens with zero attached hydrogens (tertiary/aromatic N) is 1. The van der Waals surface area contributed by atoms with Crippen LogP contribution in [0.5, 0.6) is 0 Å². The summed E-state index contributed by atoms with van der Waals surface area (Å²) >= 11 is 2.06. The van der Waals surface area contributed by atoms with Gasteiger partial charge in [-0.3, -0.25) is 0 Å². The van der Waals surface area contributed by atoms with Gasteiger partial charge in [-0.25, -0.2) is 0 Å². The van der Waals surface area contributed by atoms with Gasteiger partial charge < -0.3 is 21.9 Å². The Morgan fingerprint density at radius 3 is 2.67 bits per heavy atom. The molecule has 1 aliphatic rings. The summed E-state index contributed by atoms with van der Waals surface area (Å²) in [6, 6.07) is 11.4. The van der Waals surface area contributed by atoms with E-state index in [0.29, 0.717) is 0 Å². The van der Waals surface area contributed by atoms with Gasteiger partial charge >= 0.3 is 23.1 Å². The molecule has 4 heteroatoms. The zero-order chi connectivity index (χ0) is 8.93. The van der Waals surface area contributed by atoms with Crippen molar-refractivity contribution in [2.75, 3.05) is 24.6 Å². The molecule has 0 saturated carbocycles. The van der Waals surface area contributed by atoms with Gasteiger partial charge in [-0.05, 0) is 6.54 Å². The van der Waals surface area contributed by atoms with Crippen molar-refractivity contribution in [3.8, 4) is 0 Å². The zero-order valence-corrected chi connectivity index (χ0v) is 12.6. The minimum absolute atomic E-state index is 0. The first-order chi connectivity index (χ1) is 6.45. The second-order valence-corrected chi connectivity index (χ2v) is 4.52. The molecule has 0 radical (unpaired) electrons. The molecule has 1 nitrogen and oxygen atoms in total. The van der Waals surface area contributed by atoms with Gasteiger partial charge in [-0.2, -0.15) is 42.1 Å². The number of thioether (sulfide) groups is 1. The van der Waals surface area contributed by atoms with Gasteiger partial charge in [0.2, 0.25) is 0 Å². The summed E-state index contributed by atoms with van der Waals surface area (Å²) in [6.45, 7) is 3.57. The molecule has 15 heavy (non-hydrogen) atoms. The third kappa shape index (κ3) is 5.59. The molecular weight excluding hydrogens is 282 g/mol. The molecule has 1 heterocycles. The number of rotatable bonds is 2. The SMILES string of the molecule is [Br-].[Mg+2].[c-]1cccc(CN2CCSCC2)c1. The van der Waals surface area contributed by atoms with E-state index < -0.39 is 0 Å². The monoisotopic (exact) mass is 295 g/mol. The third-order valence-corrected chi connectivity index (χ3v) is 3.22. The van der Waals surface area contributed by atoms with Crippen LogP contribution in [0.4, 0.5) is 0 Å². The molecule has 1 saturated heterocycles. The molecule has 1 aromatic carbocycles. The molecule has 0 spiro atoms. The van der Waals surface area contributed by atoms with Gasteiger partial charge in [-0.1, -0.05) is 0 Å². The Hall–Kier alpha value is 0.776. The van der Waals surface area contributed by atoms with E-state index in [1.807, 2.05) is 6.07 Å². The number of halogens is 1. The average Bonchev–Trinajstić information content (AvgIpc) is 2.21. The first kappa shape index (κ1) is 15.8. The topological polar surface area (TPSA) is 3.24 Å². The van der Waals surface area contributed by atoms with E-state index in [2.05, 4.69) is 40.9 Å². The van der Waals surface area contributed by atoms with Gasteiger partial charge in [0.15, 0.2) is 0 Å². The fourth-order valence-electron chi connectivity index (χ4n) is 1.55. The first-order valence-corrected chi connectivity index (χ1v) is 5.86. The molecule has 1 aromatic rings. The van der Waals surface area contributed by atoms with Crippen molar-refractivity contribution < 1.29 is 17.0 Å². The van der Waals surface area contributed by atoms with Gasteiger partial charge in [0.05, 0.1) is 0 Å². The van der Waals surface area contributed by atoms with Crippen molar-refractivity contribution in [1.29, 1.82) is 0 Å². The molecule has 0 aromatic heterocycles. The smallest absolute Gasteiger partial charge is 1.00 e. The first-order valence-electron chi connectivity index (χ1n) is 4.70. The van der Waals surface area contributed by atoms with Crippen molar-refractivity contribution in [1.82, 2.24) is 4.90 Å². The van der Waals surface area contributed by atoms with E-state index in [0.717, 1.165) is 6.54 Å². The molecule has 0 unspecified atom stereocenters. The summed E-state index contributed by atoms with van der Waals surface area (Å²) in [7, 11) is 0. The Balaban J connectivity index is 0.000000980. The Bertz CT molecular complexity index is 252. The predicted molar refractivity (Wildman–Crippen MR) is 63.6 cm³/mol. The maximum Gasteiger partial charge on any atom is 2.00 e. The minimum atomic E-state index is 0. The third-order valence-electron chi connectivity index (χ3n) is 2.28. The summed E-state index contributed by atoms with van der Waals surface area (Å²) < 4.78 is 0. The Morgan fingerprint density at radius 1 is 1.33 bits per heavy atom. The molecule has 0 aliphatic carbocycles. The Morgan fingerprint density at radius 2 is 2.07 bits per heavy atom. The van der Waals surface area contributed by atoms with E-state index in [-0.39, 0.29) is 40.0 Å². The summed E-state index contributed by atoms with van der Waals surface area (Å²) in [5.41, 5.74) is 1.38. The van der Waals surface area contributed by atoms with Gasteiger partial charge in [0.25, 0.3) is 0 Å². The van der Waals surface area contributed by atoms with Crippen LogP contribution < -0.4 is 17.0 Å². The summed E-state index contributed by atoms with van der Waals surface area (Å²) in [4.78, 5) is 2.51. The maximum atomic E-state index is 3.12. The number of hydrogen-bond donors (Lipinski definition) is 0. The van der Waals surface area contributed by atoms with Crippen molar-refractivity contribution in [3.63, 3.8) is 0 Å². The van der Waals surface area contributed by atoms with E-state index in [1.54, 1.807) is 0 Å². The van der Waals surface area contributed by atoms with E-state index in [1.165, 1.54) is 30.2 Å².